The van der Waals surface area contributed by atoms with Gasteiger partial charge in [0, 0.05) is 24.2 Å². The molecule has 186 valence electrons. The number of nitrogens with zero attached hydrogens (tertiary/aromatic N) is 2. The summed E-state index contributed by atoms with van der Waals surface area (Å²) < 4.78 is 30.3. The number of ketones is 1. The van der Waals surface area contributed by atoms with Crippen LogP contribution < -0.4 is 14.2 Å². The Morgan fingerprint density at radius 3 is 2.29 bits per heavy atom. The van der Waals surface area contributed by atoms with Crippen LogP contribution in [-0.4, -0.2) is 74.1 Å². The summed E-state index contributed by atoms with van der Waals surface area (Å²) in [7, 11) is 4.33. The molecule has 2 fully saturated rings. The number of carbonyl (C=O) groups excluding carboxylic acids is 2. The van der Waals surface area contributed by atoms with Crippen LogP contribution in [0.25, 0.3) is 5.76 Å². The number of methoxy groups -OCH3 is 3. The molecule has 1 atom stereocenters. The molecule has 4 rings (SSSR count). The summed E-state index contributed by atoms with van der Waals surface area (Å²) in [4.78, 5) is 30.1. The number of amides is 1. The van der Waals surface area contributed by atoms with Crippen LogP contribution in [-0.2, 0) is 9.59 Å². The zero-order valence-corrected chi connectivity index (χ0v) is 20.0. The second kappa shape index (κ2) is 10.4. The van der Waals surface area contributed by atoms with Gasteiger partial charge in [0.15, 0.2) is 11.6 Å². The van der Waals surface area contributed by atoms with E-state index in [1.54, 1.807) is 18.2 Å². The van der Waals surface area contributed by atoms with Gasteiger partial charge in [0.05, 0.1) is 32.9 Å². The standard InChI is InChI=1S/C26H29FN2O6/c1-33-17-7-9-20(34-2)18(15-17)23-22(24(30)16-6-8-21(35-3)19(27)14-16)25(31)26(32)29(23)13-12-28-10-4-5-11-28/h6-9,14-15,23,30H,4-5,10-13H2,1-3H3/b24-22+. The van der Waals surface area contributed by atoms with Crippen molar-refractivity contribution < 1.29 is 33.3 Å². The van der Waals surface area contributed by atoms with Crippen LogP contribution >= 0.6 is 0 Å². The summed E-state index contributed by atoms with van der Waals surface area (Å²) >= 11 is 0. The maximum atomic E-state index is 14.4. The van der Waals surface area contributed by atoms with Crippen molar-refractivity contribution in [3.8, 4) is 17.2 Å². The van der Waals surface area contributed by atoms with Crippen LogP contribution in [0.2, 0.25) is 0 Å². The van der Waals surface area contributed by atoms with Gasteiger partial charge in [-0.1, -0.05) is 0 Å². The van der Waals surface area contributed by atoms with Crippen LogP contribution in [0.15, 0.2) is 42.0 Å². The molecule has 8 nitrogen and oxygen atoms in total. The highest BCUT2D eigenvalue weighted by Crippen LogP contribution is 2.44. The number of hydrogen-bond acceptors (Lipinski definition) is 7. The molecule has 0 spiro atoms. The minimum Gasteiger partial charge on any atom is -0.507 e. The molecule has 1 unspecified atom stereocenters. The number of likely N-dealkylation sites (tertiary alicyclic amines) is 2. The highest BCUT2D eigenvalue weighted by molar-refractivity contribution is 6.46. The van der Waals surface area contributed by atoms with E-state index in [9.17, 15) is 19.1 Å². The number of halogens is 1. The van der Waals surface area contributed by atoms with E-state index in [4.69, 9.17) is 14.2 Å². The van der Waals surface area contributed by atoms with E-state index in [0.717, 1.165) is 32.0 Å². The van der Waals surface area contributed by atoms with Crippen molar-refractivity contribution in [3.05, 3.63) is 58.9 Å². The van der Waals surface area contributed by atoms with Crippen LogP contribution in [0.1, 0.15) is 30.0 Å². The summed E-state index contributed by atoms with van der Waals surface area (Å²) in [5.41, 5.74) is 0.420. The first-order chi connectivity index (χ1) is 16.9. The maximum Gasteiger partial charge on any atom is 0.295 e. The molecule has 1 amide bonds. The molecule has 2 aromatic carbocycles. The fraction of sp³-hybridized carbons (Fsp3) is 0.385. The predicted molar refractivity (Wildman–Crippen MR) is 127 cm³/mol. The fourth-order valence-corrected chi connectivity index (χ4v) is 4.71. The van der Waals surface area contributed by atoms with Gasteiger partial charge in [-0.15, -0.1) is 0 Å². The van der Waals surface area contributed by atoms with Gasteiger partial charge in [-0.3, -0.25) is 9.59 Å². The van der Waals surface area contributed by atoms with Crippen molar-refractivity contribution in [1.29, 1.82) is 0 Å². The van der Waals surface area contributed by atoms with Crippen molar-refractivity contribution in [2.75, 3.05) is 47.5 Å². The van der Waals surface area contributed by atoms with Crippen LogP contribution in [0.4, 0.5) is 4.39 Å². The van der Waals surface area contributed by atoms with E-state index in [-0.39, 0.29) is 23.4 Å². The average molecular weight is 485 g/mol. The normalized spacial score (nSPS) is 19.9. The Bertz CT molecular complexity index is 1160. The summed E-state index contributed by atoms with van der Waals surface area (Å²) in [5, 5.41) is 11.2. The highest BCUT2D eigenvalue weighted by atomic mass is 19.1. The van der Waals surface area contributed by atoms with Gasteiger partial charge in [0.25, 0.3) is 11.7 Å². The molecule has 0 aromatic heterocycles. The molecular formula is C26H29FN2O6. The molecule has 0 radical (unpaired) electrons. The molecule has 2 aliphatic heterocycles. The Labute approximate surface area is 203 Å². The smallest absolute Gasteiger partial charge is 0.295 e. The lowest BCUT2D eigenvalue weighted by Crippen LogP contribution is -2.37. The van der Waals surface area contributed by atoms with Gasteiger partial charge in [-0.2, -0.15) is 0 Å². The lowest BCUT2D eigenvalue weighted by atomic mass is 9.94. The van der Waals surface area contributed by atoms with E-state index < -0.39 is 29.3 Å². The van der Waals surface area contributed by atoms with Crippen LogP contribution in [0.5, 0.6) is 17.2 Å². The Morgan fingerprint density at radius 2 is 1.66 bits per heavy atom. The maximum absolute atomic E-state index is 14.4. The van der Waals surface area contributed by atoms with Gasteiger partial charge in [-0.25, -0.2) is 4.39 Å². The molecule has 0 aliphatic carbocycles. The van der Waals surface area contributed by atoms with Crippen LogP contribution in [0, 0.1) is 5.82 Å². The third kappa shape index (κ3) is 4.68. The molecule has 9 heteroatoms. The number of ether oxygens (including phenoxy) is 3. The van der Waals surface area contributed by atoms with E-state index in [1.807, 2.05) is 0 Å². The highest BCUT2D eigenvalue weighted by Gasteiger charge is 2.47. The van der Waals surface area contributed by atoms with Gasteiger partial charge < -0.3 is 29.1 Å². The van der Waals surface area contributed by atoms with Gasteiger partial charge in [0.2, 0.25) is 0 Å². The molecule has 0 bridgehead atoms. The Morgan fingerprint density at radius 1 is 0.971 bits per heavy atom. The van der Waals surface area contributed by atoms with Crippen molar-refractivity contribution in [1.82, 2.24) is 9.80 Å². The largest absolute Gasteiger partial charge is 0.507 e. The van der Waals surface area contributed by atoms with Gasteiger partial charge in [-0.05, 0) is 62.3 Å². The minimum atomic E-state index is -0.937. The van der Waals surface area contributed by atoms with Crippen molar-refractivity contribution in [2.24, 2.45) is 0 Å². The number of aliphatic hydroxyl groups excluding tert-OH is 1. The third-order valence-corrected chi connectivity index (χ3v) is 6.55. The Balaban J connectivity index is 1.85. The SMILES string of the molecule is COc1ccc(OC)c(C2/C(=C(\O)c3ccc(OC)c(F)c3)C(=O)C(=O)N2CCN2CCCC2)c1. The van der Waals surface area contributed by atoms with Crippen molar-refractivity contribution in [3.63, 3.8) is 0 Å². The molecular weight excluding hydrogens is 455 g/mol. The first kappa shape index (κ1) is 24.5. The summed E-state index contributed by atoms with van der Waals surface area (Å²) in [6.07, 6.45) is 2.18. The van der Waals surface area contributed by atoms with E-state index >= 15 is 0 Å². The van der Waals surface area contributed by atoms with Crippen LogP contribution in [0.3, 0.4) is 0 Å². The van der Waals surface area contributed by atoms with Gasteiger partial charge >= 0.3 is 0 Å². The molecule has 0 saturated carbocycles. The van der Waals surface area contributed by atoms with Crippen molar-refractivity contribution >= 4 is 17.4 Å². The zero-order valence-electron chi connectivity index (χ0n) is 20.0. The number of benzene rings is 2. The van der Waals surface area contributed by atoms with Crippen molar-refractivity contribution in [2.45, 2.75) is 18.9 Å². The monoisotopic (exact) mass is 484 g/mol. The third-order valence-electron chi connectivity index (χ3n) is 6.55. The Kier molecular flexibility index (Phi) is 7.25. The molecule has 2 aromatic rings. The second-order valence-corrected chi connectivity index (χ2v) is 8.50. The quantitative estimate of drug-likeness (QED) is 0.349. The molecule has 2 heterocycles. The molecule has 35 heavy (non-hydrogen) atoms. The molecule has 2 saturated heterocycles. The topological polar surface area (TPSA) is 88.5 Å². The lowest BCUT2D eigenvalue weighted by molar-refractivity contribution is -0.140. The fourth-order valence-electron chi connectivity index (χ4n) is 4.71. The zero-order chi connectivity index (χ0) is 25.1. The number of Topliss-reactive ketones (excluding diaryl/α,β-unsaturated/α-hetero) is 1. The number of aliphatic hydroxyl groups is 1. The summed E-state index contributed by atoms with van der Waals surface area (Å²) in [5.74, 6) is -1.81. The Hall–Kier alpha value is -3.59. The lowest BCUT2D eigenvalue weighted by Gasteiger charge is -2.28. The van der Waals surface area contributed by atoms with Gasteiger partial charge in [0.1, 0.15) is 17.3 Å². The minimum absolute atomic E-state index is 0.00127. The molecule has 2 aliphatic rings. The predicted octanol–water partition coefficient (Wildman–Crippen LogP) is 3.37. The number of rotatable bonds is 8. The number of hydrogen-bond donors (Lipinski definition) is 1. The first-order valence-electron chi connectivity index (χ1n) is 11.5. The average Bonchev–Trinajstić information content (AvgIpc) is 3.48. The summed E-state index contributed by atoms with van der Waals surface area (Å²) in [6, 6.07) is 8.00. The number of carbonyl (C=O) groups is 2. The van der Waals surface area contributed by atoms with E-state index in [1.165, 1.54) is 38.4 Å². The summed E-state index contributed by atoms with van der Waals surface area (Å²) in [6.45, 7) is 2.74. The first-order valence-corrected chi connectivity index (χ1v) is 11.5. The van der Waals surface area contributed by atoms with E-state index in [0.29, 0.717) is 23.6 Å². The second-order valence-electron chi connectivity index (χ2n) is 8.50. The van der Waals surface area contributed by atoms with E-state index in [2.05, 4.69) is 4.90 Å². The molecule has 1 N–H and O–H groups in total.